The number of rotatable bonds is 4. The predicted molar refractivity (Wildman–Crippen MR) is 87.1 cm³/mol. The summed E-state index contributed by atoms with van der Waals surface area (Å²) in [6, 6.07) is 7.60. The molecule has 1 aliphatic heterocycles. The summed E-state index contributed by atoms with van der Waals surface area (Å²) in [6.07, 6.45) is 0.471. The molecule has 1 unspecified atom stereocenters. The van der Waals surface area contributed by atoms with Gasteiger partial charge in [0.2, 0.25) is 5.76 Å². The number of nitrogens with zero attached hydrogens (tertiary/aromatic N) is 1. The van der Waals surface area contributed by atoms with Gasteiger partial charge in [0, 0.05) is 19.0 Å². The van der Waals surface area contributed by atoms with Gasteiger partial charge < -0.3 is 19.2 Å². The summed E-state index contributed by atoms with van der Waals surface area (Å²) in [6.45, 7) is 0.871. The second-order valence-electron chi connectivity index (χ2n) is 5.32. The van der Waals surface area contributed by atoms with Crippen LogP contribution in [-0.4, -0.2) is 41.1 Å². The number of halogens is 2. The van der Waals surface area contributed by atoms with Crippen molar-refractivity contribution in [2.24, 2.45) is 0 Å². The molecule has 1 atom stereocenters. The summed E-state index contributed by atoms with van der Waals surface area (Å²) in [5, 5.41) is 9.68. The number of ether oxygens (including phenoxy) is 1. The molecule has 8 heteroatoms. The number of hydrogen-bond acceptors (Lipinski definition) is 4. The fourth-order valence-electron chi connectivity index (χ4n) is 2.48. The molecule has 2 heterocycles. The van der Waals surface area contributed by atoms with E-state index in [-0.39, 0.29) is 23.5 Å². The minimum Gasteiger partial charge on any atom is -0.488 e. The fourth-order valence-corrected chi connectivity index (χ4v) is 2.76. The second kappa shape index (κ2) is 6.75. The normalized spacial score (nSPS) is 17.1. The van der Waals surface area contributed by atoms with E-state index in [9.17, 15) is 9.59 Å². The number of carboxylic acids is 1. The van der Waals surface area contributed by atoms with Crippen molar-refractivity contribution in [2.75, 3.05) is 13.1 Å². The van der Waals surface area contributed by atoms with Gasteiger partial charge in [-0.1, -0.05) is 23.2 Å². The van der Waals surface area contributed by atoms with Gasteiger partial charge in [-0.05, 0) is 24.3 Å². The van der Waals surface area contributed by atoms with Crippen molar-refractivity contribution in [1.29, 1.82) is 0 Å². The Morgan fingerprint density at radius 3 is 2.58 bits per heavy atom. The highest BCUT2D eigenvalue weighted by Gasteiger charge is 2.30. The zero-order chi connectivity index (χ0) is 17.3. The van der Waals surface area contributed by atoms with E-state index < -0.39 is 5.97 Å². The lowest BCUT2D eigenvalue weighted by atomic mass is 10.3. The Balaban J connectivity index is 1.62. The molecule has 0 spiro atoms. The lowest BCUT2D eigenvalue weighted by molar-refractivity contribution is 0.0651. The minimum atomic E-state index is -1.21. The predicted octanol–water partition coefficient (Wildman–Crippen LogP) is 3.58. The molecular weight excluding hydrogens is 357 g/mol. The number of carboxylic acid groups (broad SMARTS) is 1. The smallest absolute Gasteiger partial charge is 0.371 e. The highest BCUT2D eigenvalue weighted by atomic mass is 35.5. The summed E-state index contributed by atoms with van der Waals surface area (Å²) >= 11 is 11.8. The van der Waals surface area contributed by atoms with Crippen molar-refractivity contribution in [3.8, 4) is 5.75 Å². The van der Waals surface area contributed by atoms with Gasteiger partial charge in [-0.3, -0.25) is 4.79 Å². The van der Waals surface area contributed by atoms with Crippen LogP contribution in [0.15, 0.2) is 34.7 Å². The van der Waals surface area contributed by atoms with Gasteiger partial charge >= 0.3 is 5.97 Å². The van der Waals surface area contributed by atoms with Crippen molar-refractivity contribution in [3.63, 3.8) is 0 Å². The molecule has 126 valence electrons. The van der Waals surface area contributed by atoms with Crippen LogP contribution in [0.5, 0.6) is 5.75 Å². The van der Waals surface area contributed by atoms with Crippen LogP contribution in [0.2, 0.25) is 10.0 Å². The molecule has 3 rings (SSSR count). The molecule has 24 heavy (non-hydrogen) atoms. The van der Waals surface area contributed by atoms with Crippen molar-refractivity contribution in [3.05, 3.63) is 51.9 Å². The van der Waals surface area contributed by atoms with Crippen LogP contribution in [0.4, 0.5) is 0 Å². The molecule has 0 aliphatic carbocycles. The van der Waals surface area contributed by atoms with E-state index in [1.54, 1.807) is 23.1 Å². The van der Waals surface area contributed by atoms with Crippen molar-refractivity contribution < 1.29 is 23.8 Å². The van der Waals surface area contributed by atoms with Gasteiger partial charge in [0.05, 0.1) is 16.6 Å². The van der Waals surface area contributed by atoms with E-state index in [0.29, 0.717) is 35.3 Å². The molecule has 1 aromatic heterocycles. The Hall–Kier alpha value is -2.18. The largest absolute Gasteiger partial charge is 0.488 e. The van der Waals surface area contributed by atoms with Gasteiger partial charge in [0.15, 0.2) is 5.76 Å². The summed E-state index contributed by atoms with van der Waals surface area (Å²) in [7, 11) is 0. The molecule has 1 aromatic carbocycles. The first kappa shape index (κ1) is 16.7. The number of aromatic carboxylic acids is 1. The Kier molecular flexibility index (Phi) is 4.69. The molecule has 1 amide bonds. The minimum absolute atomic E-state index is 0.00240. The third-order valence-electron chi connectivity index (χ3n) is 3.65. The third-order valence-corrected chi connectivity index (χ3v) is 4.39. The summed E-state index contributed by atoms with van der Waals surface area (Å²) in [5.74, 6) is -1.25. The molecule has 0 bridgehead atoms. The van der Waals surface area contributed by atoms with Crippen LogP contribution in [0, 0.1) is 0 Å². The molecule has 1 N–H and O–H groups in total. The van der Waals surface area contributed by atoms with Crippen LogP contribution in [-0.2, 0) is 0 Å². The average molecular weight is 370 g/mol. The maximum Gasteiger partial charge on any atom is 0.371 e. The maximum atomic E-state index is 12.3. The summed E-state index contributed by atoms with van der Waals surface area (Å²) < 4.78 is 10.8. The quantitative estimate of drug-likeness (QED) is 0.890. The van der Waals surface area contributed by atoms with E-state index in [0.717, 1.165) is 0 Å². The van der Waals surface area contributed by atoms with Gasteiger partial charge in [0.1, 0.15) is 11.9 Å². The number of likely N-dealkylation sites (tertiary alicyclic amines) is 1. The van der Waals surface area contributed by atoms with Crippen molar-refractivity contribution >= 4 is 35.1 Å². The highest BCUT2D eigenvalue weighted by Crippen LogP contribution is 2.28. The lowest BCUT2D eigenvalue weighted by Gasteiger charge is -2.16. The topological polar surface area (TPSA) is 80.0 Å². The van der Waals surface area contributed by atoms with Crippen LogP contribution in [0.1, 0.15) is 27.5 Å². The van der Waals surface area contributed by atoms with E-state index in [1.807, 2.05) is 0 Å². The fraction of sp³-hybridized carbons (Fsp3) is 0.250. The Bertz CT molecular complexity index is 789. The van der Waals surface area contributed by atoms with E-state index in [2.05, 4.69) is 0 Å². The Morgan fingerprint density at radius 1 is 1.17 bits per heavy atom. The first-order valence-electron chi connectivity index (χ1n) is 7.18. The van der Waals surface area contributed by atoms with Crippen LogP contribution < -0.4 is 4.74 Å². The highest BCUT2D eigenvalue weighted by molar-refractivity contribution is 6.42. The van der Waals surface area contributed by atoms with Crippen LogP contribution >= 0.6 is 23.2 Å². The first-order chi connectivity index (χ1) is 11.4. The molecule has 1 saturated heterocycles. The van der Waals surface area contributed by atoms with Crippen molar-refractivity contribution in [2.45, 2.75) is 12.5 Å². The second-order valence-corrected chi connectivity index (χ2v) is 6.14. The molecule has 6 nitrogen and oxygen atoms in total. The van der Waals surface area contributed by atoms with Crippen LogP contribution in [0.25, 0.3) is 0 Å². The van der Waals surface area contributed by atoms with E-state index in [4.69, 9.17) is 37.5 Å². The lowest BCUT2D eigenvalue weighted by Crippen LogP contribution is -2.30. The number of furan rings is 1. The third kappa shape index (κ3) is 3.49. The molecule has 1 fully saturated rings. The number of amides is 1. The zero-order valence-corrected chi connectivity index (χ0v) is 13.9. The molecule has 0 saturated carbocycles. The zero-order valence-electron chi connectivity index (χ0n) is 12.4. The van der Waals surface area contributed by atoms with Gasteiger partial charge in [-0.2, -0.15) is 0 Å². The van der Waals surface area contributed by atoms with Gasteiger partial charge in [0.25, 0.3) is 5.91 Å². The van der Waals surface area contributed by atoms with Crippen LogP contribution in [0.3, 0.4) is 0 Å². The maximum absolute atomic E-state index is 12.3. The SMILES string of the molecule is O=C(O)c1ccc(C(=O)N2CCC(Oc3ccc(Cl)c(Cl)c3)C2)o1. The number of hydrogen-bond donors (Lipinski definition) is 1. The van der Waals surface area contributed by atoms with Gasteiger partial charge in [-0.15, -0.1) is 0 Å². The molecular formula is C16H13Cl2NO5. The van der Waals surface area contributed by atoms with E-state index >= 15 is 0 Å². The molecule has 0 radical (unpaired) electrons. The van der Waals surface area contributed by atoms with Crippen molar-refractivity contribution in [1.82, 2.24) is 4.90 Å². The van der Waals surface area contributed by atoms with E-state index in [1.165, 1.54) is 12.1 Å². The molecule has 1 aliphatic rings. The molecule has 2 aromatic rings. The van der Waals surface area contributed by atoms with Gasteiger partial charge in [-0.25, -0.2) is 4.79 Å². The standard InChI is InChI=1S/C16H13Cl2NO5/c17-11-2-1-9(7-12(11)18)23-10-5-6-19(8-10)15(20)13-3-4-14(24-13)16(21)22/h1-4,7,10H,5-6,8H2,(H,21,22). The average Bonchev–Trinajstić information content (AvgIpc) is 3.20. The number of carbonyl (C=O) groups is 2. The summed E-state index contributed by atoms with van der Waals surface area (Å²) in [5.41, 5.74) is 0. The Labute approximate surface area is 147 Å². The number of benzene rings is 1. The summed E-state index contributed by atoms with van der Waals surface area (Å²) in [4.78, 5) is 24.7. The monoisotopic (exact) mass is 369 g/mol. The number of carbonyl (C=O) groups excluding carboxylic acids is 1. The Morgan fingerprint density at radius 2 is 1.92 bits per heavy atom. The first-order valence-corrected chi connectivity index (χ1v) is 7.94.